The van der Waals surface area contributed by atoms with E-state index in [2.05, 4.69) is 9.72 Å². The highest BCUT2D eigenvalue weighted by molar-refractivity contribution is 6.04. The fraction of sp³-hybridized carbons (Fsp3) is 0.562. The van der Waals surface area contributed by atoms with Crippen LogP contribution in [0.25, 0.3) is 0 Å². The smallest absolute Gasteiger partial charge is 0.310 e. The van der Waals surface area contributed by atoms with Crippen molar-refractivity contribution < 1.29 is 19.1 Å². The molecule has 0 saturated carbocycles. The number of aryl methyl sites for hydroxylation is 1. The van der Waals surface area contributed by atoms with Crippen molar-refractivity contribution in [1.82, 2.24) is 9.88 Å². The van der Waals surface area contributed by atoms with Gasteiger partial charge in [-0.25, -0.2) is 0 Å². The number of rotatable bonds is 4. The molecule has 0 saturated heterocycles. The van der Waals surface area contributed by atoms with Gasteiger partial charge in [0.25, 0.3) is 5.91 Å². The second-order valence-electron chi connectivity index (χ2n) is 5.87. The molecule has 0 bridgehead atoms. The van der Waals surface area contributed by atoms with E-state index in [1.54, 1.807) is 20.9 Å². The van der Waals surface area contributed by atoms with Gasteiger partial charge in [-0.05, 0) is 25.3 Å². The topological polar surface area (TPSA) is 79.5 Å². The molecule has 1 aromatic heterocycles. The van der Waals surface area contributed by atoms with Crippen molar-refractivity contribution in [2.24, 2.45) is 5.92 Å². The molecule has 2 rings (SSSR count). The second kappa shape index (κ2) is 6.34. The van der Waals surface area contributed by atoms with Crippen LogP contribution in [-0.4, -0.2) is 48.2 Å². The molecule has 1 atom stereocenters. The fourth-order valence-electron chi connectivity index (χ4n) is 2.95. The third-order valence-corrected chi connectivity index (χ3v) is 4.15. The zero-order valence-electron chi connectivity index (χ0n) is 13.5. The molecule has 1 N–H and O–H groups in total. The summed E-state index contributed by atoms with van der Waals surface area (Å²) >= 11 is 0. The van der Waals surface area contributed by atoms with E-state index in [1.165, 1.54) is 12.0 Å². The number of Topliss-reactive ketones (excluding diaryl/α,β-unsaturated/α-hetero) is 1. The molecule has 0 radical (unpaired) electrons. The van der Waals surface area contributed by atoms with Gasteiger partial charge in [-0.15, -0.1) is 0 Å². The minimum atomic E-state index is -0.398. The van der Waals surface area contributed by atoms with Gasteiger partial charge in [0.15, 0.2) is 5.78 Å². The number of nitrogens with zero attached hydrogens (tertiary/aromatic N) is 1. The highest BCUT2D eigenvalue weighted by Crippen LogP contribution is 2.27. The Morgan fingerprint density at radius 1 is 1.36 bits per heavy atom. The Labute approximate surface area is 129 Å². The van der Waals surface area contributed by atoms with Gasteiger partial charge in [-0.1, -0.05) is 6.92 Å². The molecule has 120 valence electrons. The van der Waals surface area contributed by atoms with Crippen LogP contribution in [-0.2, 0) is 16.0 Å². The van der Waals surface area contributed by atoms with Gasteiger partial charge in [0.05, 0.1) is 13.0 Å². The van der Waals surface area contributed by atoms with Gasteiger partial charge < -0.3 is 14.6 Å². The average Bonchev–Trinajstić information content (AvgIpc) is 2.83. The first-order chi connectivity index (χ1) is 10.4. The SMILES string of the molecule is COC(=O)C(C)CN(C)C(=O)c1[nH]c2c(c1C)C(=O)CCC2. The molecule has 1 unspecified atom stereocenters. The fourth-order valence-corrected chi connectivity index (χ4v) is 2.95. The Morgan fingerprint density at radius 2 is 2.05 bits per heavy atom. The number of ether oxygens (including phenoxy) is 1. The van der Waals surface area contributed by atoms with Crippen LogP contribution in [0.15, 0.2) is 0 Å². The van der Waals surface area contributed by atoms with Gasteiger partial charge in [-0.3, -0.25) is 14.4 Å². The summed E-state index contributed by atoms with van der Waals surface area (Å²) in [5, 5.41) is 0. The Bertz CT molecular complexity index is 618. The number of esters is 1. The van der Waals surface area contributed by atoms with Crippen LogP contribution >= 0.6 is 0 Å². The molecule has 0 aromatic carbocycles. The van der Waals surface area contributed by atoms with E-state index in [-0.39, 0.29) is 24.2 Å². The second-order valence-corrected chi connectivity index (χ2v) is 5.87. The molecule has 6 nitrogen and oxygen atoms in total. The number of hydrogen-bond donors (Lipinski definition) is 1. The van der Waals surface area contributed by atoms with Gasteiger partial charge in [0.1, 0.15) is 5.69 Å². The average molecular weight is 306 g/mol. The number of carbonyl (C=O) groups is 3. The lowest BCUT2D eigenvalue weighted by molar-refractivity contribution is -0.145. The molecule has 6 heteroatoms. The summed E-state index contributed by atoms with van der Waals surface area (Å²) in [7, 11) is 2.97. The monoisotopic (exact) mass is 306 g/mol. The summed E-state index contributed by atoms with van der Waals surface area (Å²) in [6, 6.07) is 0. The lowest BCUT2D eigenvalue weighted by atomic mass is 9.94. The van der Waals surface area contributed by atoms with Crippen LogP contribution in [0.5, 0.6) is 0 Å². The Kier molecular flexibility index (Phi) is 4.68. The Morgan fingerprint density at radius 3 is 2.64 bits per heavy atom. The third kappa shape index (κ3) is 2.91. The molecule has 1 heterocycles. The normalized spacial score (nSPS) is 15.2. The molecule has 1 aliphatic carbocycles. The first-order valence-corrected chi connectivity index (χ1v) is 7.44. The van der Waals surface area contributed by atoms with Crippen molar-refractivity contribution in [2.75, 3.05) is 20.7 Å². The predicted octanol–water partition coefficient (Wildman–Crippen LogP) is 1.72. The first kappa shape index (κ1) is 16.3. The van der Waals surface area contributed by atoms with Crippen molar-refractivity contribution in [2.45, 2.75) is 33.1 Å². The van der Waals surface area contributed by atoms with Gasteiger partial charge >= 0.3 is 5.97 Å². The number of amides is 1. The van der Waals surface area contributed by atoms with E-state index in [0.29, 0.717) is 23.2 Å². The highest BCUT2D eigenvalue weighted by Gasteiger charge is 2.28. The third-order valence-electron chi connectivity index (χ3n) is 4.15. The number of nitrogens with one attached hydrogen (secondary N) is 1. The maximum Gasteiger partial charge on any atom is 0.310 e. The largest absolute Gasteiger partial charge is 0.469 e. The standard InChI is InChI=1S/C16H22N2O4/c1-9(16(21)22-4)8-18(3)15(20)14-10(2)13-11(17-14)6-5-7-12(13)19/h9,17H,5-8H2,1-4H3. The molecule has 1 amide bonds. The lowest BCUT2D eigenvalue weighted by Gasteiger charge is -2.20. The summed E-state index contributed by atoms with van der Waals surface area (Å²) in [6.45, 7) is 3.78. The number of aromatic nitrogens is 1. The molecular formula is C16H22N2O4. The number of H-pyrrole nitrogens is 1. The zero-order valence-corrected chi connectivity index (χ0v) is 13.5. The maximum absolute atomic E-state index is 12.6. The number of hydrogen-bond acceptors (Lipinski definition) is 4. The summed E-state index contributed by atoms with van der Waals surface area (Å²) in [5.74, 6) is -0.863. The van der Waals surface area contributed by atoms with Gasteiger partial charge in [0, 0.05) is 31.3 Å². The maximum atomic E-state index is 12.6. The van der Waals surface area contributed by atoms with Crippen molar-refractivity contribution >= 4 is 17.7 Å². The predicted molar refractivity (Wildman–Crippen MR) is 80.9 cm³/mol. The highest BCUT2D eigenvalue weighted by atomic mass is 16.5. The van der Waals surface area contributed by atoms with Gasteiger partial charge in [-0.2, -0.15) is 0 Å². The van der Waals surface area contributed by atoms with Crippen molar-refractivity contribution in [3.05, 3.63) is 22.5 Å². The zero-order chi connectivity index (χ0) is 16.4. The van der Waals surface area contributed by atoms with E-state index in [0.717, 1.165) is 18.5 Å². The Hall–Kier alpha value is -2.11. The quantitative estimate of drug-likeness (QED) is 0.859. The number of ketones is 1. The summed E-state index contributed by atoms with van der Waals surface area (Å²) in [5.41, 5.74) is 2.68. The molecule has 1 aliphatic rings. The lowest BCUT2D eigenvalue weighted by Crippen LogP contribution is -2.34. The first-order valence-electron chi connectivity index (χ1n) is 7.44. The van der Waals surface area contributed by atoms with E-state index < -0.39 is 5.92 Å². The van der Waals surface area contributed by atoms with Crippen LogP contribution in [0.4, 0.5) is 0 Å². The summed E-state index contributed by atoms with van der Waals surface area (Å²) < 4.78 is 4.67. The van der Waals surface area contributed by atoms with E-state index >= 15 is 0 Å². The molecule has 1 aromatic rings. The van der Waals surface area contributed by atoms with Crippen LogP contribution < -0.4 is 0 Å². The molecule has 22 heavy (non-hydrogen) atoms. The van der Waals surface area contributed by atoms with Crippen LogP contribution in [0, 0.1) is 12.8 Å². The van der Waals surface area contributed by atoms with Gasteiger partial charge in [0.2, 0.25) is 0 Å². The van der Waals surface area contributed by atoms with Crippen molar-refractivity contribution in [3.63, 3.8) is 0 Å². The number of fused-ring (bicyclic) bond motifs is 1. The molecular weight excluding hydrogens is 284 g/mol. The number of aromatic amines is 1. The van der Waals surface area contributed by atoms with Crippen LogP contribution in [0.2, 0.25) is 0 Å². The minimum Gasteiger partial charge on any atom is -0.469 e. The van der Waals surface area contributed by atoms with Crippen LogP contribution in [0.3, 0.4) is 0 Å². The van der Waals surface area contributed by atoms with Crippen molar-refractivity contribution in [1.29, 1.82) is 0 Å². The molecule has 0 aliphatic heterocycles. The number of methoxy groups -OCH3 is 1. The minimum absolute atomic E-state index is 0.0969. The molecule has 0 spiro atoms. The molecule has 0 fully saturated rings. The van der Waals surface area contributed by atoms with Crippen molar-refractivity contribution in [3.8, 4) is 0 Å². The number of carbonyl (C=O) groups excluding carboxylic acids is 3. The summed E-state index contributed by atoms with van der Waals surface area (Å²) in [6.07, 6.45) is 2.14. The van der Waals surface area contributed by atoms with E-state index in [4.69, 9.17) is 0 Å². The van der Waals surface area contributed by atoms with Crippen LogP contribution in [0.1, 0.15) is 51.9 Å². The van der Waals surface area contributed by atoms with E-state index in [9.17, 15) is 14.4 Å². The Balaban J connectivity index is 2.20. The van der Waals surface area contributed by atoms with E-state index in [1.807, 2.05) is 0 Å². The summed E-state index contributed by atoms with van der Waals surface area (Å²) in [4.78, 5) is 40.6.